The Bertz CT molecular complexity index is 808. The summed E-state index contributed by atoms with van der Waals surface area (Å²) in [5, 5.41) is 13.1. The Morgan fingerprint density at radius 3 is 2.77 bits per heavy atom. The monoisotopic (exact) mass is 492 g/mol. The van der Waals surface area contributed by atoms with Gasteiger partial charge in [0.15, 0.2) is 11.8 Å². The number of guanidine groups is 1. The van der Waals surface area contributed by atoms with E-state index >= 15 is 0 Å². The summed E-state index contributed by atoms with van der Waals surface area (Å²) in [7, 11) is -1.27. The van der Waals surface area contributed by atoms with Crippen LogP contribution in [0.15, 0.2) is 35.6 Å². The summed E-state index contributed by atoms with van der Waals surface area (Å²) >= 11 is 0. The van der Waals surface area contributed by atoms with Gasteiger partial charge in [0.05, 0.1) is 5.75 Å². The summed E-state index contributed by atoms with van der Waals surface area (Å²) in [5.41, 5.74) is 2.03. The van der Waals surface area contributed by atoms with Crippen molar-refractivity contribution in [2.75, 3.05) is 19.1 Å². The molecule has 0 radical (unpaired) electrons. The molecule has 1 aromatic heterocycles. The number of rotatable bonds is 7. The Balaban J connectivity index is 0.00000338. The highest BCUT2D eigenvalue weighted by molar-refractivity contribution is 14.0. The lowest BCUT2D eigenvalue weighted by atomic mass is 10.1. The van der Waals surface area contributed by atoms with Crippen molar-refractivity contribution in [1.29, 1.82) is 0 Å². The van der Waals surface area contributed by atoms with E-state index in [9.17, 15) is 8.42 Å². The highest BCUT2D eigenvalue weighted by atomic mass is 127. The van der Waals surface area contributed by atoms with Crippen LogP contribution in [0.3, 0.4) is 0 Å². The lowest BCUT2D eigenvalue weighted by Crippen LogP contribution is -2.42. The van der Waals surface area contributed by atoms with Gasteiger partial charge in [-0.25, -0.2) is 13.4 Å². The van der Waals surface area contributed by atoms with Crippen LogP contribution in [-0.4, -0.2) is 54.7 Å². The maximum Gasteiger partial charge on any atom is 0.191 e. The summed E-state index contributed by atoms with van der Waals surface area (Å²) in [4.78, 5) is 8.32. The molecule has 0 saturated heterocycles. The van der Waals surface area contributed by atoms with Crippen LogP contribution in [0.1, 0.15) is 18.9 Å². The zero-order chi connectivity index (χ0) is 18.3. The minimum absolute atomic E-state index is 0. The number of aliphatic imine (C=N–C) groups is 1. The van der Waals surface area contributed by atoms with E-state index in [-0.39, 0.29) is 35.8 Å². The first kappa shape index (κ1) is 22.4. The van der Waals surface area contributed by atoms with E-state index in [0.29, 0.717) is 18.9 Å². The third-order valence-corrected chi connectivity index (χ3v) is 4.58. The van der Waals surface area contributed by atoms with Crippen LogP contribution >= 0.6 is 24.0 Å². The Morgan fingerprint density at radius 1 is 1.38 bits per heavy atom. The van der Waals surface area contributed by atoms with Gasteiger partial charge in [0, 0.05) is 31.5 Å². The Labute approximate surface area is 171 Å². The zero-order valence-electron chi connectivity index (χ0n) is 15.1. The largest absolute Gasteiger partial charge is 0.354 e. The van der Waals surface area contributed by atoms with Crippen molar-refractivity contribution in [2.45, 2.75) is 25.9 Å². The summed E-state index contributed by atoms with van der Waals surface area (Å²) < 4.78 is 22.5. The third-order valence-electron chi connectivity index (χ3n) is 3.60. The fourth-order valence-corrected chi connectivity index (χ4v) is 3.03. The summed E-state index contributed by atoms with van der Waals surface area (Å²) in [6.07, 6.45) is 3.25. The van der Waals surface area contributed by atoms with E-state index in [0.717, 1.165) is 17.0 Å². The van der Waals surface area contributed by atoms with Gasteiger partial charge in [-0.1, -0.05) is 18.2 Å². The van der Waals surface area contributed by atoms with Crippen molar-refractivity contribution in [2.24, 2.45) is 4.99 Å². The summed E-state index contributed by atoms with van der Waals surface area (Å²) in [6, 6.07) is 7.95. The van der Waals surface area contributed by atoms with E-state index in [1.165, 1.54) is 12.6 Å². The minimum atomic E-state index is -2.96. The van der Waals surface area contributed by atoms with E-state index in [2.05, 4.69) is 30.8 Å². The standard InChI is InChI=1S/C16H24N6O2S.HI/c1-12(7-8-25(3,23)24)21-16(17-2)18-10-13-5-4-6-14(9-13)15-19-11-20-22-15;/h4-6,9,11-12H,7-8,10H2,1-3H3,(H2,17,18,21)(H,19,20,22);1H. The first-order valence-corrected chi connectivity index (χ1v) is 10.0. The zero-order valence-corrected chi connectivity index (χ0v) is 18.2. The van der Waals surface area contributed by atoms with E-state index in [1.54, 1.807) is 7.05 Å². The van der Waals surface area contributed by atoms with E-state index < -0.39 is 9.84 Å². The maximum atomic E-state index is 11.2. The molecule has 0 aliphatic carbocycles. The average molecular weight is 492 g/mol. The van der Waals surface area contributed by atoms with Gasteiger partial charge < -0.3 is 10.6 Å². The van der Waals surface area contributed by atoms with Gasteiger partial charge >= 0.3 is 0 Å². The molecular weight excluding hydrogens is 467 g/mol. The lowest BCUT2D eigenvalue weighted by molar-refractivity contribution is 0.581. The number of nitrogens with one attached hydrogen (secondary N) is 3. The van der Waals surface area contributed by atoms with E-state index in [1.807, 2.05) is 31.2 Å². The van der Waals surface area contributed by atoms with Gasteiger partial charge in [-0.3, -0.25) is 10.1 Å². The van der Waals surface area contributed by atoms with Crippen LogP contribution < -0.4 is 10.6 Å². The number of hydrogen-bond donors (Lipinski definition) is 3. The van der Waals surface area contributed by atoms with Crippen molar-refractivity contribution < 1.29 is 8.42 Å². The minimum Gasteiger partial charge on any atom is -0.354 e. The number of sulfone groups is 1. The van der Waals surface area contributed by atoms with E-state index in [4.69, 9.17) is 0 Å². The molecular formula is C16H25IN6O2S. The molecule has 2 aromatic rings. The summed E-state index contributed by atoms with van der Waals surface area (Å²) in [6.45, 7) is 2.52. The molecule has 2 rings (SSSR count). The molecule has 0 amide bonds. The second kappa shape index (κ2) is 10.5. The number of aromatic nitrogens is 3. The molecule has 0 saturated carbocycles. The molecule has 8 nitrogen and oxygen atoms in total. The van der Waals surface area contributed by atoms with Gasteiger partial charge in [0.1, 0.15) is 16.2 Å². The molecule has 0 spiro atoms. The Hall–Kier alpha value is -1.69. The van der Waals surface area contributed by atoms with Gasteiger partial charge in [-0.15, -0.1) is 24.0 Å². The molecule has 0 aliphatic rings. The molecule has 1 heterocycles. The van der Waals surface area contributed by atoms with Gasteiger partial charge in [0.2, 0.25) is 0 Å². The van der Waals surface area contributed by atoms with Crippen LogP contribution in [0.2, 0.25) is 0 Å². The number of hydrogen-bond acceptors (Lipinski definition) is 5. The normalized spacial score (nSPS) is 13.0. The first-order chi connectivity index (χ1) is 11.9. The smallest absolute Gasteiger partial charge is 0.191 e. The molecule has 144 valence electrons. The highest BCUT2D eigenvalue weighted by Gasteiger charge is 2.09. The van der Waals surface area contributed by atoms with Crippen LogP contribution in [0.4, 0.5) is 0 Å². The molecule has 0 fully saturated rings. The molecule has 10 heteroatoms. The number of nitrogens with zero attached hydrogens (tertiary/aromatic N) is 3. The lowest BCUT2D eigenvalue weighted by Gasteiger charge is -2.17. The van der Waals surface area contributed by atoms with Gasteiger partial charge in [-0.2, -0.15) is 5.10 Å². The topological polar surface area (TPSA) is 112 Å². The molecule has 3 N–H and O–H groups in total. The highest BCUT2D eigenvalue weighted by Crippen LogP contribution is 2.15. The average Bonchev–Trinajstić information content (AvgIpc) is 3.11. The van der Waals surface area contributed by atoms with Crippen molar-refractivity contribution in [3.8, 4) is 11.4 Å². The van der Waals surface area contributed by atoms with Gasteiger partial charge in [-0.05, 0) is 25.0 Å². The van der Waals surface area contributed by atoms with Crippen molar-refractivity contribution in [3.63, 3.8) is 0 Å². The fourth-order valence-electron chi connectivity index (χ4n) is 2.25. The molecule has 1 unspecified atom stereocenters. The number of benzene rings is 1. The molecule has 1 aromatic carbocycles. The van der Waals surface area contributed by atoms with Crippen LogP contribution in [0, 0.1) is 0 Å². The number of H-pyrrole nitrogens is 1. The van der Waals surface area contributed by atoms with Crippen molar-refractivity contribution in [3.05, 3.63) is 36.2 Å². The van der Waals surface area contributed by atoms with Gasteiger partial charge in [0.25, 0.3) is 0 Å². The Kier molecular flexibility index (Phi) is 8.99. The summed E-state index contributed by atoms with van der Waals surface area (Å²) in [5.74, 6) is 1.50. The first-order valence-electron chi connectivity index (χ1n) is 7.97. The molecule has 0 bridgehead atoms. The predicted molar refractivity (Wildman–Crippen MR) is 114 cm³/mol. The SMILES string of the molecule is CN=C(NCc1cccc(-c2ncn[nH]2)c1)NC(C)CCS(C)(=O)=O.I. The number of halogens is 1. The molecule has 1 atom stereocenters. The third kappa shape index (κ3) is 7.68. The molecule has 0 aliphatic heterocycles. The Morgan fingerprint density at radius 2 is 2.15 bits per heavy atom. The second-order valence-electron chi connectivity index (χ2n) is 5.92. The maximum absolute atomic E-state index is 11.2. The fraction of sp³-hybridized carbons (Fsp3) is 0.438. The van der Waals surface area contributed by atoms with Crippen LogP contribution in [-0.2, 0) is 16.4 Å². The quantitative estimate of drug-likeness (QED) is 0.308. The van der Waals surface area contributed by atoms with Crippen molar-refractivity contribution >= 4 is 39.8 Å². The second-order valence-corrected chi connectivity index (χ2v) is 8.18. The predicted octanol–water partition coefficient (Wildman–Crippen LogP) is 1.58. The number of aromatic amines is 1. The van der Waals surface area contributed by atoms with Crippen molar-refractivity contribution in [1.82, 2.24) is 25.8 Å². The van der Waals surface area contributed by atoms with Crippen LogP contribution in [0.5, 0.6) is 0 Å². The van der Waals surface area contributed by atoms with Crippen LogP contribution in [0.25, 0.3) is 11.4 Å². The molecule has 26 heavy (non-hydrogen) atoms.